The average Bonchev–Trinajstić information content (AvgIpc) is 2.39. The molecule has 0 radical (unpaired) electrons. The molecule has 1 aromatic carbocycles. The molecule has 0 bridgehead atoms. The van der Waals surface area contributed by atoms with Gasteiger partial charge in [0.25, 0.3) is 0 Å². The summed E-state index contributed by atoms with van der Waals surface area (Å²) in [5.41, 5.74) is 0.349. The highest BCUT2D eigenvalue weighted by molar-refractivity contribution is 7.89. The fourth-order valence-electron chi connectivity index (χ4n) is 2.01. The maximum Gasteiger partial charge on any atom is 0.245 e. The molecule has 1 aromatic rings. The van der Waals surface area contributed by atoms with Gasteiger partial charge < -0.3 is 5.11 Å². The van der Waals surface area contributed by atoms with Crippen LogP contribution in [0.5, 0.6) is 0 Å². The Balaban J connectivity index is 3.20. The zero-order chi connectivity index (χ0) is 14.6. The summed E-state index contributed by atoms with van der Waals surface area (Å²) in [5.74, 6) is -0.829. The lowest BCUT2D eigenvalue weighted by Crippen LogP contribution is -2.36. The molecule has 0 aromatic heterocycles. The minimum Gasteiger partial charge on any atom is -0.392 e. The molecule has 0 amide bonds. The van der Waals surface area contributed by atoms with Crippen LogP contribution in [0, 0.1) is 5.82 Å². The Morgan fingerprint density at radius 2 is 1.89 bits per heavy atom. The number of rotatable bonds is 6. The van der Waals surface area contributed by atoms with Gasteiger partial charge in [0.15, 0.2) is 0 Å². The van der Waals surface area contributed by atoms with E-state index in [0.717, 1.165) is 6.07 Å². The lowest BCUT2D eigenvalue weighted by molar-refractivity contribution is 0.281. The van der Waals surface area contributed by atoms with Gasteiger partial charge in [0.1, 0.15) is 10.7 Å². The first-order valence-electron chi connectivity index (χ1n) is 6.25. The van der Waals surface area contributed by atoms with E-state index in [9.17, 15) is 12.8 Å². The molecule has 4 nitrogen and oxygen atoms in total. The smallest absolute Gasteiger partial charge is 0.245 e. The number of halogens is 1. The van der Waals surface area contributed by atoms with E-state index >= 15 is 0 Å². The van der Waals surface area contributed by atoms with Crippen LogP contribution >= 0.6 is 0 Å². The lowest BCUT2D eigenvalue weighted by Gasteiger charge is -2.25. The van der Waals surface area contributed by atoms with Gasteiger partial charge in [0.2, 0.25) is 10.0 Å². The predicted octanol–water partition coefficient (Wildman–Crippen LogP) is 2.13. The van der Waals surface area contributed by atoms with E-state index < -0.39 is 15.8 Å². The van der Waals surface area contributed by atoms with Crippen molar-refractivity contribution >= 4 is 10.0 Å². The highest BCUT2D eigenvalue weighted by Gasteiger charge is 2.28. The summed E-state index contributed by atoms with van der Waals surface area (Å²) in [6.45, 7) is 3.47. The van der Waals surface area contributed by atoms with E-state index in [1.165, 1.54) is 23.5 Å². The van der Waals surface area contributed by atoms with Gasteiger partial charge >= 0.3 is 0 Å². The molecular formula is C13H20FNO3S. The quantitative estimate of drug-likeness (QED) is 0.872. The normalized spacial score (nSPS) is 12.4. The highest BCUT2D eigenvalue weighted by Crippen LogP contribution is 2.23. The third kappa shape index (κ3) is 3.32. The first kappa shape index (κ1) is 16.1. The summed E-state index contributed by atoms with van der Waals surface area (Å²) in [4.78, 5) is -0.348. The molecule has 0 aliphatic heterocycles. The van der Waals surface area contributed by atoms with Crippen molar-refractivity contribution in [2.45, 2.75) is 44.2 Å². The zero-order valence-electron chi connectivity index (χ0n) is 11.4. The molecule has 0 spiro atoms. The maximum absolute atomic E-state index is 13.8. The summed E-state index contributed by atoms with van der Waals surface area (Å²) < 4.78 is 39.7. The van der Waals surface area contributed by atoms with Gasteiger partial charge in [-0.2, -0.15) is 4.31 Å². The SMILES string of the molecule is CCC(CC)N(C)S(=O)(=O)c1ccc(CO)cc1F. The maximum atomic E-state index is 13.8. The average molecular weight is 289 g/mol. The van der Waals surface area contributed by atoms with Crippen molar-refractivity contribution in [1.29, 1.82) is 0 Å². The molecule has 0 aliphatic rings. The molecule has 0 saturated carbocycles. The third-order valence-electron chi connectivity index (χ3n) is 3.29. The minimum absolute atomic E-state index is 0.151. The van der Waals surface area contributed by atoms with Crippen LogP contribution in [-0.2, 0) is 16.6 Å². The van der Waals surface area contributed by atoms with Crippen molar-refractivity contribution in [1.82, 2.24) is 4.31 Å². The van der Waals surface area contributed by atoms with Gasteiger partial charge in [-0.3, -0.25) is 0 Å². The third-order valence-corrected chi connectivity index (χ3v) is 5.24. The molecule has 0 unspecified atom stereocenters. The number of sulfonamides is 1. The fourth-order valence-corrected chi connectivity index (χ4v) is 3.55. The van der Waals surface area contributed by atoms with Crippen molar-refractivity contribution < 1.29 is 17.9 Å². The van der Waals surface area contributed by atoms with Gasteiger partial charge in [-0.1, -0.05) is 19.9 Å². The molecule has 0 aliphatic carbocycles. The summed E-state index contributed by atoms with van der Waals surface area (Å²) in [6.07, 6.45) is 1.34. The molecule has 1 N–H and O–H groups in total. The summed E-state index contributed by atoms with van der Waals surface area (Å²) in [5, 5.41) is 8.90. The minimum atomic E-state index is -3.84. The van der Waals surface area contributed by atoms with E-state index in [2.05, 4.69) is 0 Å². The van der Waals surface area contributed by atoms with Crippen LogP contribution in [0.4, 0.5) is 4.39 Å². The highest BCUT2D eigenvalue weighted by atomic mass is 32.2. The van der Waals surface area contributed by atoms with Gasteiger partial charge in [-0.25, -0.2) is 12.8 Å². The van der Waals surface area contributed by atoms with Gasteiger partial charge in [-0.15, -0.1) is 0 Å². The molecule has 0 heterocycles. The first-order valence-corrected chi connectivity index (χ1v) is 7.69. The van der Waals surface area contributed by atoms with Gasteiger partial charge in [0, 0.05) is 13.1 Å². The Kier molecular flexibility index (Phi) is 5.46. The molecule has 0 saturated heterocycles. The Morgan fingerprint density at radius 3 is 2.32 bits per heavy atom. The van der Waals surface area contributed by atoms with E-state index in [-0.39, 0.29) is 17.5 Å². The fraction of sp³-hybridized carbons (Fsp3) is 0.538. The first-order chi connectivity index (χ1) is 8.88. The van der Waals surface area contributed by atoms with E-state index in [1.54, 1.807) is 0 Å². The second kappa shape index (κ2) is 6.45. The van der Waals surface area contributed by atoms with Crippen LogP contribution in [0.25, 0.3) is 0 Å². The van der Waals surface area contributed by atoms with E-state index in [0.29, 0.717) is 18.4 Å². The van der Waals surface area contributed by atoms with Crippen molar-refractivity contribution in [2.75, 3.05) is 7.05 Å². The Bertz CT molecular complexity index is 527. The lowest BCUT2D eigenvalue weighted by atomic mass is 10.2. The van der Waals surface area contributed by atoms with Crippen LogP contribution in [-0.4, -0.2) is 30.9 Å². The van der Waals surface area contributed by atoms with Gasteiger partial charge in [0.05, 0.1) is 6.61 Å². The predicted molar refractivity (Wildman–Crippen MR) is 71.6 cm³/mol. The van der Waals surface area contributed by atoms with Crippen LogP contribution in [0.1, 0.15) is 32.3 Å². The summed E-state index contributed by atoms with van der Waals surface area (Å²) >= 11 is 0. The summed E-state index contributed by atoms with van der Waals surface area (Å²) in [6, 6.07) is 3.52. The summed E-state index contributed by atoms with van der Waals surface area (Å²) in [7, 11) is -2.38. The number of hydrogen-bond donors (Lipinski definition) is 1. The number of aliphatic hydroxyl groups is 1. The Labute approximate surface area is 113 Å². The largest absolute Gasteiger partial charge is 0.392 e. The Morgan fingerprint density at radius 1 is 1.32 bits per heavy atom. The molecule has 0 fully saturated rings. The second-order valence-electron chi connectivity index (χ2n) is 4.41. The number of benzene rings is 1. The van der Waals surface area contributed by atoms with E-state index in [1.807, 2.05) is 13.8 Å². The molecular weight excluding hydrogens is 269 g/mol. The van der Waals surface area contributed by atoms with Gasteiger partial charge in [-0.05, 0) is 30.5 Å². The van der Waals surface area contributed by atoms with Crippen LogP contribution < -0.4 is 0 Å². The number of aliphatic hydroxyl groups excluding tert-OH is 1. The van der Waals surface area contributed by atoms with Crippen LogP contribution in [0.3, 0.4) is 0 Å². The van der Waals surface area contributed by atoms with Crippen molar-refractivity contribution in [2.24, 2.45) is 0 Å². The van der Waals surface area contributed by atoms with E-state index in [4.69, 9.17) is 5.11 Å². The molecule has 108 valence electrons. The Hall–Kier alpha value is -0.980. The zero-order valence-corrected chi connectivity index (χ0v) is 12.2. The standard InChI is InChI=1S/C13H20FNO3S/c1-4-11(5-2)15(3)19(17,18)13-7-6-10(9-16)8-12(13)14/h6-8,11,16H,4-5,9H2,1-3H3. The second-order valence-corrected chi connectivity index (χ2v) is 6.38. The van der Waals surface area contributed by atoms with Crippen molar-refractivity contribution in [3.05, 3.63) is 29.6 Å². The number of hydrogen-bond acceptors (Lipinski definition) is 3. The molecule has 1 rings (SSSR count). The molecule has 0 atom stereocenters. The monoisotopic (exact) mass is 289 g/mol. The van der Waals surface area contributed by atoms with Crippen molar-refractivity contribution in [3.63, 3.8) is 0 Å². The molecule has 19 heavy (non-hydrogen) atoms. The van der Waals surface area contributed by atoms with Crippen molar-refractivity contribution in [3.8, 4) is 0 Å². The molecule has 6 heteroatoms. The topological polar surface area (TPSA) is 57.6 Å². The van der Waals surface area contributed by atoms with Crippen LogP contribution in [0.2, 0.25) is 0 Å². The number of nitrogens with zero attached hydrogens (tertiary/aromatic N) is 1. The van der Waals surface area contributed by atoms with Crippen LogP contribution in [0.15, 0.2) is 23.1 Å².